The van der Waals surface area contributed by atoms with Gasteiger partial charge in [0.25, 0.3) is 5.91 Å². The number of fused-ring (bicyclic) bond motifs is 2. The number of halogens is 1. The van der Waals surface area contributed by atoms with E-state index < -0.39 is 11.6 Å². The van der Waals surface area contributed by atoms with Crippen molar-refractivity contribution >= 4 is 17.6 Å². The summed E-state index contributed by atoms with van der Waals surface area (Å²) in [5.41, 5.74) is 1.52. The normalized spacial score (nSPS) is 22.0. The lowest BCUT2D eigenvalue weighted by Crippen LogP contribution is -2.54. The van der Waals surface area contributed by atoms with Crippen LogP contribution >= 0.6 is 0 Å². The number of anilines is 1. The van der Waals surface area contributed by atoms with Crippen molar-refractivity contribution in [2.45, 2.75) is 31.8 Å². The van der Waals surface area contributed by atoms with Crippen LogP contribution in [-0.4, -0.2) is 24.0 Å². The van der Waals surface area contributed by atoms with Gasteiger partial charge >= 0.3 is 5.97 Å². The first-order valence-corrected chi connectivity index (χ1v) is 8.39. The Bertz CT molecular complexity index is 879. The van der Waals surface area contributed by atoms with E-state index in [1.807, 2.05) is 12.1 Å². The van der Waals surface area contributed by atoms with Gasteiger partial charge in [0.2, 0.25) is 0 Å². The maximum atomic E-state index is 13.7. The summed E-state index contributed by atoms with van der Waals surface area (Å²) in [5.74, 6) is -1.18. The van der Waals surface area contributed by atoms with Gasteiger partial charge in [-0.1, -0.05) is 24.3 Å². The van der Waals surface area contributed by atoms with Crippen molar-refractivity contribution in [1.29, 1.82) is 0 Å². The van der Waals surface area contributed by atoms with Gasteiger partial charge in [-0.3, -0.25) is 4.79 Å². The van der Waals surface area contributed by atoms with Gasteiger partial charge in [-0.2, -0.15) is 0 Å². The zero-order valence-electron chi connectivity index (χ0n) is 13.9. The predicted molar refractivity (Wildman–Crippen MR) is 91.0 cm³/mol. The SMILES string of the molecule is CC1(C(=O)N2CCCc3ccc(F)cc32)Cc2ccccc2C(=O)O1. The summed E-state index contributed by atoms with van der Waals surface area (Å²) in [6.07, 6.45) is 1.92. The number of benzene rings is 2. The molecule has 128 valence electrons. The largest absolute Gasteiger partial charge is 0.445 e. The van der Waals surface area contributed by atoms with Gasteiger partial charge in [0, 0.05) is 18.7 Å². The van der Waals surface area contributed by atoms with E-state index in [-0.39, 0.29) is 11.7 Å². The zero-order valence-corrected chi connectivity index (χ0v) is 13.9. The summed E-state index contributed by atoms with van der Waals surface area (Å²) in [6, 6.07) is 11.7. The number of esters is 1. The van der Waals surface area contributed by atoms with Crippen LogP contribution in [0.3, 0.4) is 0 Å². The Labute approximate surface area is 145 Å². The highest BCUT2D eigenvalue weighted by molar-refractivity contribution is 6.04. The van der Waals surface area contributed by atoms with Crippen LogP contribution in [0.4, 0.5) is 10.1 Å². The number of cyclic esters (lactones) is 1. The molecule has 2 aliphatic heterocycles. The molecule has 5 heteroatoms. The summed E-state index contributed by atoms with van der Waals surface area (Å²) in [4.78, 5) is 27.1. The number of aryl methyl sites for hydroxylation is 1. The third kappa shape index (κ3) is 2.60. The Balaban J connectivity index is 1.71. The first kappa shape index (κ1) is 15.8. The van der Waals surface area contributed by atoms with Gasteiger partial charge in [0.1, 0.15) is 5.82 Å². The fourth-order valence-electron chi connectivity index (χ4n) is 3.70. The number of hydrogen-bond acceptors (Lipinski definition) is 3. The summed E-state index contributed by atoms with van der Waals surface area (Å²) in [6.45, 7) is 2.13. The number of rotatable bonds is 1. The quantitative estimate of drug-likeness (QED) is 0.749. The van der Waals surface area contributed by atoms with Gasteiger partial charge in [0.15, 0.2) is 5.60 Å². The van der Waals surface area contributed by atoms with Crippen molar-refractivity contribution in [2.24, 2.45) is 0 Å². The maximum absolute atomic E-state index is 13.7. The van der Waals surface area contributed by atoms with E-state index in [4.69, 9.17) is 4.74 Å². The lowest BCUT2D eigenvalue weighted by Gasteiger charge is -2.39. The lowest BCUT2D eigenvalue weighted by molar-refractivity contribution is -0.137. The van der Waals surface area contributed by atoms with Crippen molar-refractivity contribution in [1.82, 2.24) is 0 Å². The minimum Gasteiger partial charge on any atom is -0.445 e. The van der Waals surface area contributed by atoms with Crippen LogP contribution in [0.2, 0.25) is 0 Å². The van der Waals surface area contributed by atoms with E-state index in [0.29, 0.717) is 24.2 Å². The Kier molecular flexibility index (Phi) is 3.60. The first-order chi connectivity index (χ1) is 12.0. The molecule has 0 bridgehead atoms. The zero-order chi connectivity index (χ0) is 17.6. The van der Waals surface area contributed by atoms with Crippen molar-refractivity contribution < 1.29 is 18.7 Å². The highest BCUT2D eigenvalue weighted by atomic mass is 19.1. The minimum atomic E-state index is -1.29. The van der Waals surface area contributed by atoms with E-state index in [9.17, 15) is 14.0 Å². The average molecular weight is 339 g/mol. The fraction of sp³-hybridized carbons (Fsp3) is 0.300. The van der Waals surface area contributed by atoms with Gasteiger partial charge in [-0.15, -0.1) is 0 Å². The number of nitrogens with zero attached hydrogens (tertiary/aromatic N) is 1. The lowest BCUT2D eigenvalue weighted by atomic mass is 9.88. The van der Waals surface area contributed by atoms with Crippen molar-refractivity contribution in [3.63, 3.8) is 0 Å². The second-order valence-electron chi connectivity index (χ2n) is 6.79. The number of amides is 1. The summed E-state index contributed by atoms with van der Waals surface area (Å²) >= 11 is 0. The molecule has 0 fully saturated rings. The molecule has 0 saturated heterocycles. The Morgan fingerprint density at radius 3 is 2.84 bits per heavy atom. The van der Waals surface area contributed by atoms with Crippen LogP contribution in [0.1, 0.15) is 34.8 Å². The Hall–Kier alpha value is -2.69. The van der Waals surface area contributed by atoms with E-state index in [0.717, 1.165) is 24.0 Å². The molecule has 1 amide bonds. The van der Waals surface area contributed by atoms with Crippen LogP contribution in [0.15, 0.2) is 42.5 Å². The molecule has 0 saturated carbocycles. The molecule has 2 aromatic carbocycles. The molecule has 0 N–H and O–H groups in total. The molecular formula is C20H18FNO3. The monoisotopic (exact) mass is 339 g/mol. The minimum absolute atomic E-state index is 0.304. The predicted octanol–water partition coefficient (Wildman–Crippen LogP) is 3.28. The number of carbonyl (C=O) groups excluding carboxylic acids is 2. The molecule has 0 radical (unpaired) electrons. The molecule has 4 rings (SSSR count). The van der Waals surface area contributed by atoms with Crippen LogP contribution in [0.5, 0.6) is 0 Å². The second-order valence-corrected chi connectivity index (χ2v) is 6.79. The van der Waals surface area contributed by atoms with Gasteiger partial charge < -0.3 is 9.64 Å². The Morgan fingerprint density at radius 1 is 1.20 bits per heavy atom. The van der Waals surface area contributed by atoms with E-state index in [2.05, 4.69) is 0 Å². The third-order valence-corrected chi connectivity index (χ3v) is 4.95. The number of hydrogen-bond donors (Lipinski definition) is 0. The molecule has 0 spiro atoms. The molecule has 0 aromatic heterocycles. The maximum Gasteiger partial charge on any atom is 0.339 e. The van der Waals surface area contributed by atoms with E-state index in [1.54, 1.807) is 30.0 Å². The van der Waals surface area contributed by atoms with Gasteiger partial charge in [-0.05, 0) is 49.1 Å². The van der Waals surface area contributed by atoms with Crippen LogP contribution in [0.25, 0.3) is 0 Å². The van der Waals surface area contributed by atoms with E-state index >= 15 is 0 Å². The molecule has 2 aromatic rings. The molecule has 1 atom stereocenters. The summed E-state index contributed by atoms with van der Waals surface area (Å²) in [7, 11) is 0. The summed E-state index contributed by atoms with van der Waals surface area (Å²) in [5, 5.41) is 0. The van der Waals surface area contributed by atoms with Gasteiger partial charge in [-0.25, -0.2) is 9.18 Å². The average Bonchev–Trinajstić information content (AvgIpc) is 2.60. The van der Waals surface area contributed by atoms with Crippen LogP contribution in [0, 0.1) is 5.82 Å². The third-order valence-electron chi connectivity index (χ3n) is 4.95. The highest BCUT2D eigenvalue weighted by Crippen LogP contribution is 2.34. The topological polar surface area (TPSA) is 46.6 Å². The first-order valence-electron chi connectivity index (χ1n) is 8.39. The Morgan fingerprint density at radius 2 is 2.00 bits per heavy atom. The van der Waals surface area contributed by atoms with Crippen LogP contribution < -0.4 is 4.90 Å². The molecule has 1 unspecified atom stereocenters. The summed E-state index contributed by atoms with van der Waals surface area (Å²) < 4.78 is 19.2. The molecule has 25 heavy (non-hydrogen) atoms. The second kappa shape index (κ2) is 5.69. The molecular weight excluding hydrogens is 321 g/mol. The molecule has 2 aliphatic rings. The molecule has 2 heterocycles. The fourth-order valence-corrected chi connectivity index (χ4v) is 3.70. The smallest absolute Gasteiger partial charge is 0.339 e. The molecule has 4 nitrogen and oxygen atoms in total. The highest BCUT2D eigenvalue weighted by Gasteiger charge is 2.45. The van der Waals surface area contributed by atoms with E-state index in [1.165, 1.54) is 12.1 Å². The van der Waals surface area contributed by atoms with Crippen molar-refractivity contribution in [2.75, 3.05) is 11.4 Å². The van der Waals surface area contributed by atoms with Gasteiger partial charge in [0.05, 0.1) is 5.56 Å². The molecule has 0 aliphatic carbocycles. The number of ether oxygens (including phenoxy) is 1. The number of carbonyl (C=O) groups is 2. The standard InChI is InChI=1S/C20H18FNO3/c1-20(12-14-5-2-3-7-16(14)18(23)25-20)19(24)22-10-4-6-13-8-9-15(21)11-17(13)22/h2-3,5,7-9,11H,4,6,10,12H2,1H3. The van der Waals surface area contributed by atoms with Crippen molar-refractivity contribution in [3.8, 4) is 0 Å². The van der Waals surface area contributed by atoms with Crippen LogP contribution in [-0.2, 0) is 22.4 Å². The van der Waals surface area contributed by atoms with Crippen molar-refractivity contribution in [3.05, 3.63) is 65.0 Å².